The fraction of sp³-hybridized carbons (Fsp3) is 0.222. The third-order valence-corrected chi connectivity index (χ3v) is 4.06. The van der Waals surface area contributed by atoms with Crippen LogP contribution in [0.1, 0.15) is 16.8 Å². The van der Waals surface area contributed by atoms with E-state index in [4.69, 9.17) is 32.7 Å². The third kappa shape index (κ3) is 6.40. The molecule has 0 saturated carbocycles. The number of rotatable bonds is 9. The molecule has 0 atom stereocenters. The monoisotopic (exact) mass is 426 g/mol. The average molecular weight is 427 g/mol. The van der Waals surface area contributed by atoms with Gasteiger partial charge in [-0.3, -0.25) is 19.7 Å². The van der Waals surface area contributed by atoms with Crippen molar-refractivity contribution in [2.45, 2.75) is 6.42 Å². The fourth-order valence-corrected chi connectivity index (χ4v) is 2.61. The highest BCUT2D eigenvalue weighted by atomic mass is 35.5. The maximum absolute atomic E-state index is 11.9. The summed E-state index contributed by atoms with van der Waals surface area (Å²) in [6, 6.07) is 10.1. The lowest BCUT2D eigenvalue weighted by Gasteiger charge is -2.10. The fourth-order valence-electron chi connectivity index (χ4n) is 2.11. The Labute approximate surface area is 170 Å². The van der Waals surface area contributed by atoms with Crippen LogP contribution < -0.4 is 10.1 Å². The van der Waals surface area contributed by atoms with Crippen molar-refractivity contribution in [3.63, 3.8) is 0 Å². The van der Waals surface area contributed by atoms with Crippen molar-refractivity contribution in [2.24, 2.45) is 0 Å². The van der Waals surface area contributed by atoms with Crippen LogP contribution in [0.4, 0.5) is 5.69 Å². The van der Waals surface area contributed by atoms with Crippen molar-refractivity contribution in [1.29, 1.82) is 0 Å². The van der Waals surface area contributed by atoms with E-state index in [9.17, 15) is 19.7 Å². The highest BCUT2D eigenvalue weighted by Gasteiger charge is 2.11. The molecule has 2 rings (SSSR count). The largest absolute Gasteiger partial charge is 0.487 e. The zero-order valence-corrected chi connectivity index (χ0v) is 16.0. The predicted molar refractivity (Wildman–Crippen MR) is 103 cm³/mol. The summed E-state index contributed by atoms with van der Waals surface area (Å²) in [5.74, 6) is -0.644. The number of benzene rings is 2. The van der Waals surface area contributed by atoms with E-state index in [1.807, 2.05) is 0 Å². The molecule has 10 heteroatoms. The third-order valence-electron chi connectivity index (χ3n) is 3.47. The molecule has 0 spiro atoms. The number of esters is 1. The Kier molecular flexibility index (Phi) is 8.03. The molecule has 0 unspecified atom stereocenters. The Morgan fingerprint density at radius 2 is 1.68 bits per heavy atom. The number of para-hydroxylation sites is 1. The average Bonchev–Trinajstić information content (AvgIpc) is 2.67. The number of non-ortho nitro benzene ring substituents is 1. The van der Waals surface area contributed by atoms with E-state index in [1.165, 1.54) is 24.3 Å². The number of carbonyl (C=O) groups excluding carboxylic acids is 2. The first-order chi connectivity index (χ1) is 13.4. The van der Waals surface area contributed by atoms with Crippen LogP contribution in [-0.4, -0.2) is 36.6 Å². The molecule has 0 aromatic heterocycles. The van der Waals surface area contributed by atoms with Crippen LogP contribution >= 0.6 is 23.2 Å². The van der Waals surface area contributed by atoms with Crippen molar-refractivity contribution >= 4 is 40.8 Å². The minimum Gasteiger partial charge on any atom is -0.487 e. The molecule has 28 heavy (non-hydrogen) atoms. The van der Waals surface area contributed by atoms with Gasteiger partial charge in [0, 0.05) is 24.2 Å². The van der Waals surface area contributed by atoms with Crippen LogP contribution in [-0.2, 0) is 9.53 Å². The number of carbonyl (C=O) groups is 2. The molecule has 148 valence electrons. The SMILES string of the molecule is O=C(CCNC(=O)c1ccc([N+](=O)[O-])cc1)OCCOc1c(Cl)cccc1Cl. The highest BCUT2D eigenvalue weighted by Crippen LogP contribution is 2.32. The van der Waals surface area contributed by atoms with Gasteiger partial charge in [0.15, 0.2) is 5.75 Å². The van der Waals surface area contributed by atoms with E-state index in [0.29, 0.717) is 15.8 Å². The van der Waals surface area contributed by atoms with E-state index >= 15 is 0 Å². The molecule has 0 aliphatic carbocycles. The van der Waals surface area contributed by atoms with Gasteiger partial charge in [-0.05, 0) is 24.3 Å². The summed E-state index contributed by atoms with van der Waals surface area (Å²) in [6.07, 6.45) is -0.0361. The van der Waals surface area contributed by atoms with Crippen LogP contribution in [0.2, 0.25) is 10.0 Å². The first-order valence-electron chi connectivity index (χ1n) is 8.13. The van der Waals surface area contributed by atoms with Gasteiger partial charge in [-0.15, -0.1) is 0 Å². The second-order valence-electron chi connectivity index (χ2n) is 5.43. The van der Waals surface area contributed by atoms with E-state index in [-0.39, 0.29) is 37.4 Å². The van der Waals surface area contributed by atoms with Gasteiger partial charge in [0.2, 0.25) is 0 Å². The van der Waals surface area contributed by atoms with Crippen molar-refractivity contribution in [3.8, 4) is 5.75 Å². The molecule has 0 aliphatic rings. The molecule has 0 heterocycles. The van der Waals surface area contributed by atoms with Gasteiger partial charge in [0.1, 0.15) is 13.2 Å². The van der Waals surface area contributed by atoms with E-state index in [2.05, 4.69) is 5.32 Å². The van der Waals surface area contributed by atoms with Crippen molar-refractivity contribution < 1.29 is 24.0 Å². The maximum Gasteiger partial charge on any atom is 0.307 e. The molecule has 1 amide bonds. The van der Waals surface area contributed by atoms with Crippen LogP contribution in [0.25, 0.3) is 0 Å². The summed E-state index contributed by atoms with van der Waals surface area (Å²) in [5.41, 5.74) is 0.143. The smallest absolute Gasteiger partial charge is 0.307 e. The van der Waals surface area contributed by atoms with Crippen molar-refractivity contribution in [3.05, 3.63) is 68.2 Å². The van der Waals surface area contributed by atoms with Crippen molar-refractivity contribution in [1.82, 2.24) is 5.32 Å². The lowest BCUT2D eigenvalue weighted by atomic mass is 10.2. The Morgan fingerprint density at radius 1 is 1.04 bits per heavy atom. The molecule has 1 N–H and O–H groups in total. The Balaban J connectivity index is 1.65. The number of ether oxygens (including phenoxy) is 2. The normalized spacial score (nSPS) is 10.2. The topological polar surface area (TPSA) is 108 Å². The first kappa shape index (κ1) is 21.5. The molecular weight excluding hydrogens is 411 g/mol. The lowest BCUT2D eigenvalue weighted by molar-refractivity contribution is -0.384. The highest BCUT2D eigenvalue weighted by molar-refractivity contribution is 6.37. The van der Waals surface area contributed by atoms with Crippen molar-refractivity contribution in [2.75, 3.05) is 19.8 Å². The van der Waals surface area contributed by atoms with Gasteiger partial charge in [-0.1, -0.05) is 29.3 Å². The Bertz CT molecular complexity index is 837. The zero-order valence-electron chi connectivity index (χ0n) is 14.5. The summed E-state index contributed by atoms with van der Waals surface area (Å²) >= 11 is 11.9. The maximum atomic E-state index is 11.9. The molecule has 0 saturated heterocycles. The van der Waals surface area contributed by atoms with Gasteiger partial charge in [0.05, 0.1) is 21.4 Å². The van der Waals surface area contributed by atoms with Gasteiger partial charge < -0.3 is 14.8 Å². The summed E-state index contributed by atoms with van der Waals surface area (Å²) < 4.78 is 10.4. The number of nitrogens with one attached hydrogen (secondary N) is 1. The first-order valence-corrected chi connectivity index (χ1v) is 8.89. The van der Waals surface area contributed by atoms with Crippen LogP contribution in [0.15, 0.2) is 42.5 Å². The predicted octanol–water partition coefficient (Wildman–Crippen LogP) is 3.64. The molecule has 0 radical (unpaired) electrons. The molecule has 0 fully saturated rings. The van der Waals surface area contributed by atoms with Gasteiger partial charge in [-0.25, -0.2) is 0 Å². The zero-order chi connectivity index (χ0) is 20.5. The number of nitrogens with zero attached hydrogens (tertiary/aromatic N) is 1. The molecule has 2 aromatic carbocycles. The second kappa shape index (κ2) is 10.5. The number of halogens is 2. The Morgan fingerprint density at radius 3 is 2.29 bits per heavy atom. The summed E-state index contributed by atoms with van der Waals surface area (Å²) in [6.45, 7) is 0.132. The van der Waals surface area contributed by atoms with E-state index < -0.39 is 16.8 Å². The van der Waals surface area contributed by atoms with Crippen LogP contribution in [0, 0.1) is 10.1 Å². The Hall–Kier alpha value is -2.84. The number of amides is 1. The number of hydrogen-bond donors (Lipinski definition) is 1. The number of hydrogen-bond acceptors (Lipinski definition) is 6. The molecule has 2 aromatic rings. The standard InChI is InChI=1S/C18H16Cl2N2O6/c19-14-2-1-3-15(20)17(14)28-11-10-27-16(23)8-9-21-18(24)12-4-6-13(7-5-12)22(25)26/h1-7H,8-11H2,(H,21,24). The summed E-state index contributed by atoms with van der Waals surface area (Å²) in [4.78, 5) is 33.6. The van der Waals surface area contributed by atoms with Crippen LogP contribution in [0.5, 0.6) is 5.75 Å². The quantitative estimate of drug-likeness (QED) is 0.283. The molecule has 0 aliphatic heterocycles. The van der Waals surface area contributed by atoms with Crippen LogP contribution in [0.3, 0.4) is 0 Å². The van der Waals surface area contributed by atoms with Gasteiger partial charge >= 0.3 is 5.97 Å². The molecule has 8 nitrogen and oxygen atoms in total. The lowest BCUT2D eigenvalue weighted by Crippen LogP contribution is -2.26. The second-order valence-corrected chi connectivity index (χ2v) is 6.24. The van der Waals surface area contributed by atoms with Gasteiger partial charge in [-0.2, -0.15) is 0 Å². The molecule has 0 bridgehead atoms. The molecular formula is C18H16Cl2N2O6. The van der Waals surface area contributed by atoms with E-state index in [0.717, 1.165) is 0 Å². The minimum absolute atomic E-state index is 0.00329. The summed E-state index contributed by atoms with van der Waals surface area (Å²) in [7, 11) is 0. The summed E-state index contributed by atoms with van der Waals surface area (Å²) in [5, 5.41) is 13.8. The van der Waals surface area contributed by atoms with E-state index in [1.54, 1.807) is 18.2 Å². The van der Waals surface area contributed by atoms with Gasteiger partial charge in [0.25, 0.3) is 11.6 Å². The number of nitro groups is 1. The number of nitro benzene ring substituents is 1. The minimum atomic E-state index is -0.554.